The molecule has 5 nitrogen and oxygen atoms in total. The van der Waals surface area contributed by atoms with Gasteiger partial charge in [0.1, 0.15) is 17.7 Å². The first kappa shape index (κ1) is 16.2. The highest BCUT2D eigenvalue weighted by Crippen LogP contribution is 2.29. The minimum absolute atomic E-state index is 0.0123. The monoisotopic (exact) mass is 346 g/mol. The Morgan fingerprint density at radius 2 is 2.12 bits per heavy atom. The number of urea groups is 1. The number of halogens is 1. The van der Waals surface area contributed by atoms with Crippen LogP contribution in [0.1, 0.15) is 11.0 Å². The molecule has 0 aliphatic heterocycles. The second-order valence-electron chi connectivity index (χ2n) is 5.05. The zero-order chi connectivity index (χ0) is 16.9. The molecule has 0 fully saturated rings. The number of thiophene rings is 1. The number of carbonyl (C=O) groups excluding carboxylic acids is 1. The topological polar surface area (TPSA) is 74.5 Å². The van der Waals surface area contributed by atoms with Crippen LogP contribution in [0.15, 0.2) is 58.5 Å². The van der Waals surface area contributed by atoms with Crippen molar-refractivity contribution in [2.45, 2.75) is 6.10 Å². The summed E-state index contributed by atoms with van der Waals surface area (Å²) in [5.41, 5.74) is 0.954. The Balaban J connectivity index is 1.55. The summed E-state index contributed by atoms with van der Waals surface area (Å²) in [6, 6.07) is 10.7. The number of hydrogen-bond acceptors (Lipinski definition) is 4. The summed E-state index contributed by atoms with van der Waals surface area (Å²) in [5.74, 6) is 0.199. The van der Waals surface area contributed by atoms with Gasteiger partial charge in [-0.2, -0.15) is 0 Å². The Morgan fingerprint density at radius 3 is 2.88 bits per heavy atom. The van der Waals surface area contributed by atoms with Gasteiger partial charge in [0, 0.05) is 15.8 Å². The SMILES string of the molecule is O=C(NCC(O)c1cc(-c2ccco2)cs1)Nc1ccccc1F. The van der Waals surface area contributed by atoms with E-state index in [1.54, 1.807) is 18.4 Å². The number of para-hydroxylation sites is 1. The number of nitrogens with one attached hydrogen (secondary N) is 2. The molecule has 0 saturated carbocycles. The van der Waals surface area contributed by atoms with Gasteiger partial charge in [0.25, 0.3) is 0 Å². The largest absolute Gasteiger partial charge is 0.464 e. The molecule has 0 aliphatic rings. The number of aliphatic hydroxyl groups is 1. The van der Waals surface area contributed by atoms with Crippen molar-refractivity contribution in [1.82, 2.24) is 5.32 Å². The van der Waals surface area contributed by atoms with E-state index >= 15 is 0 Å². The molecule has 0 radical (unpaired) electrons. The highest BCUT2D eigenvalue weighted by atomic mass is 32.1. The summed E-state index contributed by atoms with van der Waals surface area (Å²) in [5, 5.41) is 17.0. The molecule has 2 heterocycles. The third-order valence-corrected chi connectivity index (χ3v) is 4.37. The van der Waals surface area contributed by atoms with Gasteiger partial charge in [0.15, 0.2) is 0 Å². The van der Waals surface area contributed by atoms with Crippen LogP contribution in [0.5, 0.6) is 0 Å². The van der Waals surface area contributed by atoms with E-state index in [0.29, 0.717) is 4.88 Å². The highest BCUT2D eigenvalue weighted by molar-refractivity contribution is 7.10. The van der Waals surface area contributed by atoms with Crippen LogP contribution in [0, 0.1) is 5.82 Å². The predicted molar refractivity (Wildman–Crippen MR) is 90.4 cm³/mol. The van der Waals surface area contributed by atoms with Gasteiger partial charge in [-0.25, -0.2) is 9.18 Å². The number of hydrogen-bond donors (Lipinski definition) is 3. The summed E-state index contributed by atoms with van der Waals surface area (Å²) in [6.07, 6.45) is 0.725. The molecule has 24 heavy (non-hydrogen) atoms. The van der Waals surface area contributed by atoms with Crippen molar-refractivity contribution in [1.29, 1.82) is 0 Å². The summed E-state index contributed by atoms with van der Waals surface area (Å²) in [7, 11) is 0. The molecule has 1 atom stereocenters. The molecule has 2 amide bonds. The van der Waals surface area contributed by atoms with E-state index in [-0.39, 0.29) is 12.2 Å². The molecule has 3 N–H and O–H groups in total. The average molecular weight is 346 g/mol. The van der Waals surface area contributed by atoms with Crippen LogP contribution in [0.2, 0.25) is 0 Å². The summed E-state index contributed by atoms with van der Waals surface area (Å²) in [6.45, 7) is 0.0123. The second-order valence-corrected chi connectivity index (χ2v) is 5.99. The van der Waals surface area contributed by atoms with Gasteiger partial charge < -0.3 is 20.2 Å². The van der Waals surface area contributed by atoms with Crippen molar-refractivity contribution in [3.8, 4) is 11.3 Å². The van der Waals surface area contributed by atoms with Crippen LogP contribution >= 0.6 is 11.3 Å². The molecular weight excluding hydrogens is 331 g/mol. The van der Waals surface area contributed by atoms with Gasteiger partial charge in [-0.15, -0.1) is 11.3 Å². The van der Waals surface area contributed by atoms with E-state index < -0.39 is 18.0 Å². The number of benzene rings is 1. The van der Waals surface area contributed by atoms with E-state index in [0.717, 1.165) is 11.3 Å². The lowest BCUT2D eigenvalue weighted by Crippen LogP contribution is -2.32. The molecule has 1 aromatic carbocycles. The molecule has 2 aromatic heterocycles. The number of aliphatic hydroxyl groups excluding tert-OH is 1. The molecule has 3 aromatic rings. The lowest BCUT2D eigenvalue weighted by Gasteiger charge is -2.11. The van der Waals surface area contributed by atoms with Gasteiger partial charge in [-0.05, 0) is 30.3 Å². The van der Waals surface area contributed by atoms with Crippen LogP contribution in [0.4, 0.5) is 14.9 Å². The van der Waals surface area contributed by atoms with Crippen LogP contribution < -0.4 is 10.6 Å². The minimum atomic E-state index is -0.856. The van der Waals surface area contributed by atoms with Crippen molar-refractivity contribution < 1.29 is 18.7 Å². The van der Waals surface area contributed by atoms with Crippen LogP contribution in [0.3, 0.4) is 0 Å². The van der Waals surface area contributed by atoms with Crippen molar-refractivity contribution in [3.63, 3.8) is 0 Å². The molecule has 0 bridgehead atoms. The van der Waals surface area contributed by atoms with E-state index in [2.05, 4.69) is 10.6 Å². The number of anilines is 1. The van der Waals surface area contributed by atoms with Crippen molar-refractivity contribution in [2.75, 3.05) is 11.9 Å². The number of rotatable bonds is 5. The van der Waals surface area contributed by atoms with Gasteiger partial charge in [-0.1, -0.05) is 12.1 Å². The highest BCUT2D eigenvalue weighted by Gasteiger charge is 2.14. The van der Waals surface area contributed by atoms with Crippen LogP contribution in [0.25, 0.3) is 11.3 Å². The molecule has 0 aliphatic carbocycles. The van der Waals surface area contributed by atoms with E-state index in [1.165, 1.54) is 29.5 Å². The summed E-state index contributed by atoms with van der Waals surface area (Å²) in [4.78, 5) is 12.5. The Morgan fingerprint density at radius 1 is 1.29 bits per heavy atom. The van der Waals surface area contributed by atoms with E-state index in [4.69, 9.17) is 4.42 Å². The van der Waals surface area contributed by atoms with Gasteiger partial charge >= 0.3 is 6.03 Å². The maximum absolute atomic E-state index is 13.5. The number of carbonyl (C=O) groups is 1. The Hall–Kier alpha value is -2.64. The molecule has 124 valence electrons. The molecule has 3 rings (SSSR count). The third-order valence-electron chi connectivity index (χ3n) is 3.33. The Kier molecular flexibility index (Phi) is 4.93. The van der Waals surface area contributed by atoms with E-state index in [9.17, 15) is 14.3 Å². The standard InChI is InChI=1S/C17H15FN2O3S/c18-12-4-1-2-5-13(12)20-17(22)19-9-14(21)16-8-11(10-24-16)15-6-3-7-23-15/h1-8,10,14,21H,9H2,(H2,19,20,22). The van der Waals surface area contributed by atoms with Gasteiger partial charge in [0.2, 0.25) is 0 Å². The number of furan rings is 1. The molecule has 7 heteroatoms. The summed E-state index contributed by atoms with van der Waals surface area (Å²) < 4.78 is 18.8. The van der Waals surface area contributed by atoms with Gasteiger partial charge in [0.05, 0.1) is 18.5 Å². The molecule has 0 spiro atoms. The minimum Gasteiger partial charge on any atom is -0.464 e. The normalized spacial score (nSPS) is 11.9. The smallest absolute Gasteiger partial charge is 0.319 e. The van der Waals surface area contributed by atoms with Crippen molar-refractivity contribution in [2.24, 2.45) is 0 Å². The predicted octanol–water partition coefficient (Wildman–Crippen LogP) is 4.00. The fourth-order valence-electron chi connectivity index (χ4n) is 2.12. The molecule has 1 unspecified atom stereocenters. The first-order valence-electron chi connectivity index (χ1n) is 7.23. The molecular formula is C17H15FN2O3S. The molecule has 0 saturated heterocycles. The fraction of sp³-hybridized carbons (Fsp3) is 0.118. The van der Waals surface area contributed by atoms with Crippen molar-refractivity contribution in [3.05, 3.63) is 64.8 Å². The first-order chi connectivity index (χ1) is 11.6. The maximum atomic E-state index is 13.5. The van der Waals surface area contributed by atoms with Crippen molar-refractivity contribution >= 4 is 23.1 Å². The Bertz CT molecular complexity index is 817. The lowest BCUT2D eigenvalue weighted by atomic mass is 10.2. The number of amides is 2. The Labute approximate surface area is 141 Å². The average Bonchev–Trinajstić information content (AvgIpc) is 3.25. The van der Waals surface area contributed by atoms with Crippen LogP contribution in [-0.2, 0) is 0 Å². The van der Waals surface area contributed by atoms with Gasteiger partial charge in [-0.3, -0.25) is 0 Å². The second kappa shape index (κ2) is 7.29. The first-order valence-corrected chi connectivity index (χ1v) is 8.11. The van der Waals surface area contributed by atoms with Crippen LogP contribution in [-0.4, -0.2) is 17.7 Å². The zero-order valence-electron chi connectivity index (χ0n) is 12.5. The lowest BCUT2D eigenvalue weighted by molar-refractivity contribution is 0.178. The zero-order valence-corrected chi connectivity index (χ0v) is 13.3. The third kappa shape index (κ3) is 3.81. The fourth-order valence-corrected chi connectivity index (χ4v) is 3.00. The summed E-state index contributed by atoms with van der Waals surface area (Å²) >= 11 is 1.37. The van der Waals surface area contributed by atoms with E-state index in [1.807, 2.05) is 17.5 Å². The quantitative estimate of drug-likeness (QED) is 0.654. The maximum Gasteiger partial charge on any atom is 0.319 e.